The number of methoxy groups -OCH3 is 1. The number of allylic oxidation sites excluding steroid dienone is 1. The molecule has 1 atom stereocenters. The van der Waals surface area contributed by atoms with Gasteiger partial charge in [0.2, 0.25) is 0 Å². The van der Waals surface area contributed by atoms with Gasteiger partial charge in [0.05, 0.1) is 35.1 Å². The fraction of sp³-hybridized carbons (Fsp3) is 0.211. The monoisotopic (exact) mass is 662 g/mol. The van der Waals surface area contributed by atoms with Crippen molar-refractivity contribution in [2.24, 2.45) is 4.99 Å². The zero-order valence-electron chi connectivity index (χ0n) is 26.8. The number of aromatic nitrogens is 1. The van der Waals surface area contributed by atoms with Crippen molar-refractivity contribution in [1.29, 1.82) is 0 Å². The van der Waals surface area contributed by atoms with E-state index in [0.29, 0.717) is 44.1 Å². The topological polar surface area (TPSA) is 116 Å². The molecular weight excluding hydrogens is 628 g/mol. The molecule has 9 nitrogen and oxygen atoms in total. The van der Waals surface area contributed by atoms with Gasteiger partial charge in [0.25, 0.3) is 5.56 Å². The third-order valence-corrected chi connectivity index (χ3v) is 9.06. The van der Waals surface area contributed by atoms with E-state index in [2.05, 4.69) is 0 Å². The Morgan fingerprint density at radius 3 is 2.52 bits per heavy atom. The number of nitrogens with zero attached hydrogens (tertiary/aromatic N) is 2. The Balaban J connectivity index is 1.44. The van der Waals surface area contributed by atoms with Crippen LogP contribution in [0, 0.1) is 0 Å². The lowest BCUT2D eigenvalue weighted by molar-refractivity contribution is -0.139. The minimum Gasteiger partial charge on any atom is -0.496 e. The maximum atomic E-state index is 14.3. The minimum atomic E-state index is -0.993. The van der Waals surface area contributed by atoms with E-state index in [1.54, 1.807) is 55.0 Å². The molecule has 48 heavy (non-hydrogen) atoms. The Morgan fingerprint density at radius 2 is 1.79 bits per heavy atom. The van der Waals surface area contributed by atoms with Crippen LogP contribution in [0.5, 0.6) is 11.5 Å². The van der Waals surface area contributed by atoms with E-state index in [4.69, 9.17) is 19.2 Å². The fourth-order valence-electron chi connectivity index (χ4n) is 5.90. The molecule has 1 aliphatic heterocycles. The standard InChI is InChI=1S/C38H34N2O7S/c1-4-9-29-33(37(44)46-5-2)34(32-28-13-7-6-11-25(28)16-19-30(32)45-3)40-35(41)31(48-38(40)39-29)21-23-14-17-27(18-15-23)47-22-24-10-8-12-26(20-24)36(42)43/h6-8,10-21,34H,4-5,9,22H2,1-3H3,(H,42,43)/b31-21-/t34-/m0/s1. The number of hydrogen-bond donors (Lipinski definition) is 1. The van der Waals surface area contributed by atoms with Crippen LogP contribution in [0.3, 0.4) is 0 Å². The van der Waals surface area contributed by atoms with E-state index >= 15 is 0 Å². The van der Waals surface area contributed by atoms with Crippen molar-refractivity contribution >= 4 is 40.1 Å². The number of carboxylic acids is 1. The zero-order valence-corrected chi connectivity index (χ0v) is 27.6. The van der Waals surface area contributed by atoms with Crippen molar-refractivity contribution in [2.45, 2.75) is 39.3 Å². The molecule has 1 aliphatic rings. The summed E-state index contributed by atoms with van der Waals surface area (Å²) in [6, 6.07) is 24.7. The molecule has 1 aromatic heterocycles. The predicted molar refractivity (Wildman–Crippen MR) is 184 cm³/mol. The normalized spacial score (nSPS) is 14.4. The smallest absolute Gasteiger partial charge is 0.338 e. The maximum Gasteiger partial charge on any atom is 0.338 e. The van der Waals surface area contributed by atoms with Gasteiger partial charge < -0.3 is 19.3 Å². The summed E-state index contributed by atoms with van der Waals surface area (Å²) in [5, 5.41) is 11.1. The molecule has 0 unspecified atom stereocenters. The van der Waals surface area contributed by atoms with Gasteiger partial charge in [0, 0.05) is 5.56 Å². The van der Waals surface area contributed by atoms with Crippen LogP contribution in [-0.4, -0.2) is 35.3 Å². The van der Waals surface area contributed by atoms with Crippen LogP contribution >= 0.6 is 11.3 Å². The highest BCUT2D eigenvalue weighted by atomic mass is 32.1. The first-order valence-corrected chi connectivity index (χ1v) is 16.5. The number of benzene rings is 4. The average molecular weight is 663 g/mol. The van der Waals surface area contributed by atoms with Gasteiger partial charge in [-0.3, -0.25) is 9.36 Å². The van der Waals surface area contributed by atoms with Crippen LogP contribution in [0.2, 0.25) is 0 Å². The number of hydrogen-bond acceptors (Lipinski definition) is 8. The second-order valence-electron chi connectivity index (χ2n) is 11.2. The zero-order chi connectivity index (χ0) is 33.8. The third kappa shape index (κ3) is 6.39. The molecule has 0 bridgehead atoms. The molecule has 6 rings (SSSR count). The summed E-state index contributed by atoms with van der Waals surface area (Å²) in [5.41, 5.74) is 3.06. The summed E-state index contributed by atoms with van der Waals surface area (Å²) < 4.78 is 19.4. The number of rotatable bonds is 11. The summed E-state index contributed by atoms with van der Waals surface area (Å²) in [5.74, 6) is -0.351. The second-order valence-corrected chi connectivity index (χ2v) is 12.2. The van der Waals surface area contributed by atoms with Gasteiger partial charge in [0.1, 0.15) is 24.1 Å². The molecule has 0 radical (unpaired) electrons. The van der Waals surface area contributed by atoms with Crippen LogP contribution in [0.4, 0.5) is 0 Å². The van der Waals surface area contributed by atoms with Gasteiger partial charge in [-0.15, -0.1) is 0 Å². The van der Waals surface area contributed by atoms with Crippen molar-refractivity contribution < 1.29 is 28.9 Å². The Bertz CT molecular complexity index is 2230. The first-order valence-electron chi connectivity index (χ1n) is 15.7. The molecule has 2 heterocycles. The molecular formula is C38H34N2O7S. The summed E-state index contributed by atoms with van der Waals surface area (Å²) in [6.45, 7) is 4.17. The van der Waals surface area contributed by atoms with E-state index in [1.165, 1.54) is 17.4 Å². The van der Waals surface area contributed by atoms with Crippen molar-refractivity contribution in [3.8, 4) is 11.5 Å². The lowest BCUT2D eigenvalue weighted by Crippen LogP contribution is -2.40. The quantitative estimate of drug-likeness (QED) is 0.172. The number of thiazole rings is 1. The van der Waals surface area contributed by atoms with Gasteiger partial charge in [0.15, 0.2) is 4.80 Å². The van der Waals surface area contributed by atoms with Gasteiger partial charge in [-0.05, 0) is 71.7 Å². The first-order chi connectivity index (χ1) is 23.3. The van der Waals surface area contributed by atoms with Crippen molar-refractivity contribution in [3.63, 3.8) is 0 Å². The van der Waals surface area contributed by atoms with Crippen molar-refractivity contribution in [1.82, 2.24) is 4.57 Å². The SMILES string of the molecule is CCCC1=C(C(=O)OCC)[C@H](c2c(OC)ccc3ccccc23)n2c(s/c(=C\c3ccc(OCc4cccc(C(=O)O)c4)cc3)c2=O)=N1. The molecule has 0 spiro atoms. The highest BCUT2D eigenvalue weighted by Crippen LogP contribution is 2.41. The highest BCUT2D eigenvalue weighted by molar-refractivity contribution is 7.07. The molecule has 0 saturated heterocycles. The molecule has 1 N–H and O–H groups in total. The maximum absolute atomic E-state index is 14.3. The van der Waals surface area contributed by atoms with Crippen LogP contribution in [0.25, 0.3) is 16.8 Å². The van der Waals surface area contributed by atoms with Crippen molar-refractivity contribution in [2.75, 3.05) is 13.7 Å². The van der Waals surface area contributed by atoms with Gasteiger partial charge in [-0.2, -0.15) is 0 Å². The summed E-state index contributed by atoms with van der Waals surface area (Å²) >= 11 is 1.27. The Kier molecular flexibility index (Phi) is 9.54. The van der Waals surface area contributed by atoms with E-state index in [1.807, 2.05) is 55.5 Å². The molecule has 244 valence electrons. The molecule has 10 heteroatoms. The number of carboxylic acid groups (broad SMARTS) is 1. The number of esters is 1. The number of carbonyl (C=O) groups is 2. The molecule has 5 aromatic rings. The van der Waals surface area contributed by atoms with E-state index in [-0.39, 0.29) is 24.3 Å². The van der Waals surface area contributed by atoms with Gasteiger partial charge in [-0.1, -0.05) is 79.3 Å². The van der Waals surface area contributed by atoms with Crippen LogP contribution < -0.4 is 24.4 Å². The Morgan fingerprint density at radius 1 is 1.00 bits per heavy atom. The second kappa shape index (κ2) is 14.1. The minimum absolute atomic E-state index is 0.181. The van der Waals surface area contributed by atoms with Crippen molar-refractivity contribution in [3.05, 3.63) is 138 Å². The third-order valence-electron chi connectivity index (χ3n) is 8.07. The van der Waals surface area contributed by atoms with Crippen LogP contribution in [0.1, 0.15) is 59.8 Å². The molecule has 0 amide bonds. The van der Waals surface area contributed by atoms with E-state index < -0.39 is 18.0 Å². The average Bonchev–Trinajstić information content (AvgIpc) is 3.41. The number of ether oxygens (including phenoxy) is 3. The largest absolute Gasteiger partial charge is 0.496 e. The molecule has 0 aliphatic carbocycles. The number of carbonyl (C=O) groups excluding carboxylic acids is 1. The lowest BCUT2D eigenvalue weighted by Gasteiger charge is -2.28. The van der Waals surface area contributed by atoms with E-state index in [0.717, 1.165) is 28.3 Å². The summed E-state index contributed by atoms with van der Waals surface area (Å²) in [4.78, 5) is 44.7. The van der Waals surface area contributed by atoms with Crippen LogP contribution in [0.15, 0.2) is 106 Å². The molecule has 0 fully saturated rings. The summed E-state index contributed by atoms with van der Waals surface area (Å²) in [6.07, 6.45) is 3.08. The van der Waals surface area contributed by atoms with Gasteiger partial charge >= 0.3 is 11.9 Å². The van der Waals surface area contributed by atoms with Crippen LogP contribution in [-0.2, 0) is 16.1 Å². The Labute approximate surface area is 280 Å². The number of fused-ring (bicyclic) bond motifs is 2. The fourth-order valence-corrected chi connectivity index (χ4v) is 6.92. The number of aromatic carboxylic acids is 1. The summed E-state index contributed by atoms with van der Waals surface area (Å²) in [7, 11) is 1.58. The van der Waals surface area contributed by atoms with Gasteiger partial charge in [-0.25, -0.2) is 14.6 Å². The van der Waals surface area contributed by atoms with E-state index in [9.17, 15) is 19.5 Å². The molecule has 0 saturated carbocycles. The lowest BCUT2D eigenvalue weighted by atomic mass is 9.90. The highest BCUT2D eigenvalue weighted by Gasteiger charge is 2.37. The first kappa shape index (κ1) is 32.5. The molecule has 4 aromatic carbocycles. The predicted octanol–water partition coefficient (Wildman–Crippen LogP) is 6.02. The Hall–Kier alpha value is -5.48.